The highest BCUT2D eigenvalue weighted by molar-refractivity contribution is 7.89. The van der Waals surface area contributed by atoms with E-state index in [-0.39, 0.29) is 6.04 Å². The average molecular weight is 337 g/mol. The van der Waals surface area contributed by atoms with Crippen molar-refractivity contribution < 1.29 is 8.42 Å². The summed E-state index contributed by atoms with van der Waals surface area (Å²) in [5.41, 5.74) is 1.20. The van der Waals surface area contributed by atoms with E-state index in [1.165, 1.54) is 18.4 Å². The maximum atomic E-state index is 12.6. The van der Waals surface area contributed by atoms with E-state index < -0.39 is 10.0 Å². The van der Waals surface area contributed by atoms with Crippen molar-refractivity contribution in [1.29, 1.82) is 0 Å². The summed E-state index contributed by atoms with van der Waals surface area (Å²) in [6.07, 6.45) is 5.53. The van der Waals surface area contributed by atoms with Gasteiger partial charge in [0, 0.05) is 12.1 Å². The third-order valence-corrected chi connectivity index (χ3v) is 6.82. The molecule has 1 aromatic rings. The number of hydrogen-bond donors (Lipinski definition) is 1. The van der Waals surface area contributed by atoms with E-state index in [9.17, 15) is 8.42 Å². The Morgan fingerprint density at radius 1 is 1.13 bits per heavy atom. The molecule has 1 N–H and O–H groups in total. The Labute approximate surface area is 140 Å². The van der Waals surface area contributed by atoms with Crippen molar-refractivity contribution in [3.63, 3.8) is 0 Å². The summed E-state index contributed by atoms with van der Waals surface area (Å²) in [7, 11) is -3.40. The third kappa shape index (κ3) is 4.14. The van der Waals surface area contributed by atoms with E-state index in [1.54, 1.807) is 12.1 Å². The van der Waals surface area contributed by atoms with E-state index in [2.05, 4.69) is 23.5 Å². The minimum Gasteiger partial charge on any atom is -0.300 e. The van der Waals surface area contributed by atoms with Gasteiger partial charge < -0.3 is 4.90 Å². The number of likely N-dealkylation sites (tertiary alicyclic amines) is 1. The Balaban J connectivity index is 1.60. The van der Waals surface area contributed by atoms with Crippen molar-refractivity contribution in [1.82, 2.24) is 9.62 Å². The molecule has 1 heterocycles. The molecule has 0 aromatic heterocycles. The van der Waals surface area contributed by atoms with Crippen LogP contribution in [0.5, 0.6) is 0 Å². The SMILES string of the molecule is CCC(C)c1ccc(S(=O)(=O)NC2CCN(C3CC3)CC2)cc1. The molecule has 0 amide bonds. The van der Waals surface area contributed by atoms with Crippen LogP contribution in [0.3, 0.4) is 0 Å². The first kappa shape index (κ1) is 16.9. The fourth-order valence-electron chi connectivity index (χ4n) is 3.32. The Bertz CT molecular complexity index is 615. The van der Waals surface area contributed by atoms with Gasteiger partial charge in [-0.15, -0.1) is 0 Å². The van der Waals surface area contributed by atoms with Gasteiger partial charge in [0.25, 0.3) is 0 Å². The van der Waals surface area contributed by atoms with Crippen molar-refractivity contribution in [3.8, 4) is 0 Å². The minimum atomic E-state index is -3.40. The lowest BCUT2D eigenvalue weighted by atomic mass is 9.99. The number of benzene rings is 1. The topological polar surface area (TPSA) is 49.4 Å². The monoisotopic (exact) mass is 336 g/mol. The quantitative estimate of drug-likeness (QED) is 0.868. The van der Waals surface area contributed by atoms with Gasteiger partial charge in [-0.3, -0.25) is 0 Å². The van der Waals surface area contributed by atoms with Crippen LogP contribution >= 0.6 is 0 Å². The second kappa shape index (κ2) is 6.91. The predicted molar refractivity (Wildman–Crippen MR) is 93.1 cm³/mol. The van der Waals surface area contributed by atoms with Crippen LogP contribution in [0.15, 0.2) is 29.2 Å². The van der Waals surface area contributed by atoms with Crippen LogP contribution in [0.25, 0.3) is 0 Å². The molecule has 0 bridgehead atoms. The molecule has 4 nitrogen and oxygen atoms in total. The first-order valence-electron chi connectivity index (χ1n) is 8.86. The highest BCUT2D eigenvalue weighted by atomic mass is 32.2. The van der Waals surface area contributed by atoms with E-state index in [0.717, 1.165) is 38.4 Å². The minimum absolute atomic E-state index is 0.0734. The van der Waals surface area contributed by atoms with E-state index in [1.807, 2.05) is 12.1 Å². The van der Waals surface area contributed by atoms with Crippen molar-refractivity contribution in [2.24, 2.45) is 0 Å². The van der Waals surface area contributed by atoms with Gasteiger partial charge in [0.05, 0.1) is 4.90 Å². The molecule has 1 aliphatic carbocycles. The number of nitrogens with zero attached hydrogens (tertiary/aromatic N) is 1. The zero-order valence-corrected chi connectivity index (χ0v) is 15.0. The number of rotatable bonds is 6. The van der Waals surface area contributed by atoms with E-state index >= 15 is 0 Å². The van der Waals surface area contributed by atoms with Gasteiger partial charge in [-0.1, -0.05) is 26.0 Å². The third-order valence-electron chi connectivity index (χ3n) is 5.29. The second-order valence-electron chi connectivity index (χ2n) is 7.04. The van der Waals surface area contributed by atoms with Gasteiger partial charge in [-0.05, 0) is 68.8 Å². The summed E-state index contributed by atoms with van der Waals surface area (Å²) in [6, 6.07) is 8.22. The summed E-state index contributed by atoms with van der Waals surface area (Å²) in [5, 5.41) is 0. The molecule has 1 unspecified atom stereocenters. The van der Waals surface area contributed by atoms with E-state index in [0.29, 0.717) is 10.8 Å². The number of nitrogens with one attached hydrogen (secondary N) is 1. The molecular formula is C18H28N2O2S. The molecule has 2 aliphatic rings. The van der Waals surface area contributed by atoms with Crippen molar-refractivity contribution in [2.45, 2.75) is 68.8 Å². The second-order valence-corrected chi connectivity index (χ2v) is 8.76. The molecule has 1 aliphatic heterocycles. The van der Waals surface area contributed by atoms with Gasteiger partial charge in [-0.2, -0.15) is 0 Å². The zero-order valence-electron chi connectivity index (χ0n) is 14.2. The molecule has 1 aromatic carbocycles. The fraction of sp³-hybridized carbons (Fsp3) is 0.667. The Morgan fingerprint density at radius 2 is 1.74 bits per heavy atom. The van der Waals surface area contributed by atoms with Gasteiger partial charge in [-0.25, -0.2) is 13.1 Å². The maximum Gasteiger partial charge on any atom is 0.240 e. The standard InChI is InChI=1S/C18H28N2O2S/c1-3-14(2)15-4-8-18(9-5-15)23(21,22)19-16-10-12-20(13-11-16)17-6-7-17/h4-5,8-9,14,16-17,19H,3,6-7,10-13H2,1-2H3. The molecule has 0 spiro atoms. The maximum absolute atomic E-state index is 12.6. The van der Waals surface area contributed by atoms with Crippen LogP contribution < -0.4 is 4.72 Å². The largest absolute Gasteiger partial charge is 0.300 e. The highest BCUT2D eigenvalue weighted by Crippen LogP contribution is 2.29. The lowest BCUT2D eigenvalue weighted by Gasteiger charge is -2.32. The number of hydrogen-bond acceptors (Lipinski definition) is 3. The normalized spacial score (nSPS) is 22.2. The molecule has 1 saturated carbocycles. The lowest BCUT2D eigenvalue weighted by molar-refractivity contribution is 0.199. The smallest absolute Gasteiger partial charge is 0.240 e. The highest BCUT2D eigenvalue weighted by Gasteiger charge is 2.32. The van der Waals surface area contributed by atoms with Crippen molar-refractivity contribution in [3.05, 3.63) is 29.8 Å². The number of piperidine rings is 1. The van der Waals surface area contributed by atoms with Crippen LogP contribution in [-0.2, 0) is 10.0 Å². The lowest BCUT2D eigenvalue weighted by Crippen LogP contribution is -2.45. The molecule has 1 atom stereocenters. The molecule has 5 heteroatoms. The van der Waals surface area contributed by atoms with Crippen molar-refractivity contribution >= 4 is 10.0 Å². The van der Waals surface area contributed by atoms with Gasteiger partial charge in [0.1, 0.15) is 0 Å². The Hall–Kier alpha value is -0.910. The fourth-order valence-corrected chi connectivity index (χ4v) is 4.63. The van der Waals surface area contributed by atoms with Gasteiger partial charge in [0.2, 0.25) is 10.0 Å². The molecule has 23 heavy (non-hydrogen) atoms. The predicted octanol–water partition coefficient (Wildman–Crippen LogP) is 3.11. The molecule has 128 valence electrons. The Morgan fingerprint density at radius 3 is 2.26 bits per heavy atom. The summed E-state index contributed by atoms with van der Waals surface area (Å²) < 4.78 is 28.0. The van der Waals surface area contributed by atoms with Crippen LogP contribution in [-0.4, -0.2) is 38.5 Å². The van der Waals surface area contributed by atoms with Gasteiger partial charge >= 0.3 is 0 Å². The molecule has 1 saturated heterocycles. The summed E-state index contributed by atoms with van der Waals surface area (Å²) >= 11 is 0. The summed E-state index contributed by atoms with van der Waals surface area (Å²) in [5.74, 6) is 0.464. The molecular weight excluding hydrogens is 308 g/mol. The molecule has 0 radical (unpaired) electrons. The zero-order chi connectivity index (χ0) is 16.4. The van der Waals surface area contributed by atoms with E-state index in [4.69, 9.17) is 0 Å². The van der Waals surface area contributed by atoms with Gasteiger partial charge in [0.15, 0.2) is 0 Å². The first-order valence-corrected chi connectivity index (χ1v) is 10.3. The number of sulfonamides is 1. The van der Waals surface area contributed by atoms with Crippen LogP contribution in [0.4, 0.5) is 0 Å². The summed E-state index contributed by atoms with van der Waals surface area (Å²) in [4.78, 5) is 2.89. The average Bonchev–Trinajstić information content (AvgIpc) is 3.39. The molecule has 3 rings (SSSR count). The van der Waals surface area contributed by atoms with Crippen molar-refractivity contribution in [2.75, 3.05) is 13.1 Å². The van der Waals surface area contributed by atoms with Crippen LogP contribution in [0.1, 0.15) is 57.4 Å². The molecule has 2 fully saturated rings. The first-order chi connectivity index (χ1) is 11.0. The summed E-state index contributed by atoms with van der Waals surface area (Å²) in [6.45, 7) is 6.34. The van der Waals surface area contributed by atoms with Crippen LogP contribution in [0.2, 0.25) is 0 Å². The van der Waals surface area contributed by atoms with Crippen LogP contribution in [0, 0.1) is 0 Å². The Kier molecular flexibility index (Phi) is 5.09.